The van der Waals surface area contributed by atoms with Crippen LogP contribution in [0.15, 0.2) is 18.2 Å². The molecule has 0 bridgehead atoms. The highest BCUT2D eigenvalue weighted by molar-refractivity contribution is 5.40. The largest absolute Gasteiger partial charge is 0.508 e. The van der Waals surface area contributed by atoms with Crippen molar-refractivity contribution in [1.29, 1.82) is 0 Å². The minimum absolute atomic E-state index is 0.117. The number of aromatic hydroxyl groups is 2. The van der Waals surface area contributed by atoms with Gasteiger partial charge in [-0.1, -0.05) is 6.07 Å². The van der Waals surface area contributed by atoms with Crippen molar-refractivity contribution in [2.45, 2.75) is 44.7 Å². The monoisotopic (exact) mass is 290 g/mol. The van der Waals surface area contributed by atoms with Gasteiger partial charge in [-0.05, 0) is 51.1 Å². The van der Waals surface area contributed by atoms with Crippen LogP contribution in [0.25, 0.3) is 0 Å². The third-order valence-corrected chi connectivity index (χ3v) is 4.93. The molecular formula is C17H26N2O2. The number of nitrogens with one attached hydrogen (secondary N) is 1. The molecule has 4 heteroatoms. The number of phenols is 2. The Hall–Kier alpha value is -1.26. The smallest absolute Gasteiger partial charge is 0.124 e. The number of rotatable bonds is 5. The highest BCUT2D eigenvalue weighted by Crippen LogP contribution is 2.33. The molecule has 1 aromatic carbocycles. The molecule has 1 aliphatic heterocycles. The maximum absolute atomic E-state index is 10.00. The molecular weight excluding hydrogens is 264 g/mol. The third-order valence-electron chi connectivity index (χ3n) is 4.93. The fraction of sp³-hybridized carbons (Fsp3) is 0.647. The fourth-order valence-electron chi connectivity index (χ4n) is 3.23. The van der Waals surface area contributed by atoms with Crippen molar-refractivity contribution >= 4 is 0 Å². The van der Waals surface area contributed by atoms with Crippen LogP contribution in [0.3, 0.4) is 0 Å². The summed E-state index contributed by atoms with van der Waals surface area (Å²) in [5, 5.41) is 23.1. The number of hydrogen-bond donors (Lipinski definition) is 3. The Morgan fingerprint density at radius 3 is 2.52 bits per heavy atom. The van der Waals surface area contributed by atoms with Crippen molar-refractivity contribution in [3.63, 3.8) is 0 Å². The summed E-state index contributed by atoms with van der Waals surface area (Å²) in [7, 11) is 0. The van der Waals surface area contributed by atoms with E-state index in [1.54, 1.807) is 6.07 Å². The van der Waals surface area contributed by atoms with Gasteiger partial charge in [0.25, 0.3) is 0 Å². The van der Waals surface area contributed by atoms with E-state index < -0.39 is 0 Å². The summed E-state index contributed by atoms with van der Waals surface area (Å²) >= 11 is 0. The molecule has 3 N–H and O–H groups in total. The van der Waals surface area contributed by atoms with Crippen LogP contribution >= 0.6 is 0 Å². The fourth-order valence-corrected chi connectivity index (χ4v) is 3.23. The van der Waals surface area contributed by atoms with Crippen LogP contribution in [0.5, 0.6) is 11.5 Å². The van der Waals surface area contributed by atoms with Crippen LogP contribution in [-0.2, 0) is 0 Å². The number of piperidine rings is 1. The molecule has 0 aromatic heterocycles. The van der Waals surface area contributed by atoms with Crippen LogP contribution in [0.2, 0.25) is 0 Å². The molecule has 116 valence electrons. The van der Waals surface area contributed by atoms with Gasteiger partial charge in [-0.15, -0.1) is 0 Å². The lowest BCUT2D eigenvalue weighted by molar-refractivity contribution is 0.150. The second-order valence-corrected chi connectivity index (χ2v) is 6.58. The first-order valence-electron chi connectivity index (χ1n) is 8.13. The molecule has 0 spiro atoms. The molecule has 1 heterocycles. The average Bonchev–Trinajstić information content (AvgIpc) is 3.29. The third kappa shape index (κ3) is 3.69. The predicted molar refractivity (Wildman–Crippen MR) is 83.5 cm³/mol. The topological polar surface area (TPSA) is 55.7 Å². The molecule has 1 aromatic rings. The Morgan fingerprint density at radius 2 is 1.90 bits per heavy atom. The first kappa shape index (κ1) is 14.7. The lowest BCUT2D eigenvalue weighted by atomic mass is 9.99. The number of likely N-dealkylation sites (tertiary alicyclic amines) is 1. The highest BCUT2D eigenvalue weighted by atomic mass is 16.3. The Morgan fingerprint density at radius 1 is 1.19 bits per heavy atom. The summed E-state index contributed by atoms with van der Waals surface area (Å²) in [6.45, 7) is 5.44. The number of hydrogen-bond acceptors (Lipinski definition) is 4. The molecule has 1 unspecified atom stereocenters. The lowest BCUT2D eigenvalue weighted by Gasteiger charge is -2.36. The summed E-state index contributed by atoms with van der Waals surface area (Å²) < 4.78 is 0. The Kier molecular flexibility index (Phi) is 4.36. The van der Waals surface area contributed by atoms with Crippen LogP contribution in [0, 0.1) is 5.92 Å². The van der Waals surface area contributed by atoms with Gasteiger partial charge in [0, 0.05) is 36.8 Å². The molecule has 1 saturated carbocycles. The van der Waals surface area contributed by atoms with E-state index in [1.807, 2.05) is 6.07 Å². The second-order valence-electron chi connectivity index (χ2n) is 6.58. The summed E-state index contributed by atoms with van der Waals surface area (Å²) in [5.74, 6) is 1.25. The maximum atomic E-state index is 10.00. The minimum atomic E-state index is 0.117. The molecule has 0 radical (unpaired) electrons. The van der Waals surface area contributed by atoms with Gasteiger partial charge < -0.3 is 15.5 Å². The van der Waals surface area contributed by atoms with Crippen LogP contribution in [-0.4, -0.2) is 40.8 Å². The molecule has 1 aliphatic carbocycles. The molecule has 1 saturated heterocycles. The maximum Gasteiger partial charge on any atom is 0.124 e. The van der Waals surface area contributed by atoms with E-state index in [1.165, 1.54) is 38.3 Å². The molecule has 0 amide bonds. The average molecular weight is 290 g/mol. The Balaban J connectivity index is 1.52. The molecule has 2 fully saturated rings. The normalized spacial score (nSPS) is 22.3. The SMILES string of the molecule is CC(c1ccc(O)cc1O)N1CCC(NCC2CC2)CC1. The van der Waals surface area contributed by atoms with Crippen LogP contribution in [0.4, 0.5) is 0 Å². The van der Waals surface area contributed by atoms with Crippen LogP contribution in [0.1, 0.15) is 44.2 Å². The zero-order valence-electron chi connectivity index (χ0n) is 12.8. The van der Waals surface area contributed by atoms with Crippen molar-refractivity contribution in [2.75, 3.05) is 19.6 Å². The van der Waals surface area contributed by atoms with Gasteiger partial charge in [-0.25, -0.2) is 0 Å². The van der Waals surface area contributed by atoms with E-state index in [0.29, 0.717) is 6.04 Å². The van der Waals surface area contributed by atoms with Gasteiger partial charge in [0.15, 0.2) is 0 Å². The van der Waals surface area contributed by atoms with E-state index in [9.17, 15) is 10.2 Å². The van der Waals surface area contributed by atoms with Crippen molar-refractivity contribution in [3.8, 4) is 11.5 Å². The Bertz CT molecular complexity index is 480. The van der Waals surface area contributed by atoms with Gasteiger partial charge >= 0.3 is 0 Å². The standard InChI is InChI=1S/C17H26N2O2/c1-12(16-5-4-15(20)10-17(16)21)19-8-6-14(7-9-19)18-11-13-2-3-13/h4-5,10,12-14,18,20-21H,2-3,6-9,11H2,1H3. The van der Waals surface area contributed by atoms with Gasteiger partial charge in [0.05, 0.1) is 0 Å². The van der Waals surface area contributed by atoms with Gasteiger partial charge in [0.1, 0.15) is 11.5 Å². The first-order chi connectivity index (χ1) is 10.1. The van der Waals surface area contributed by atoms with E-state index >= 15 is 0 Å². The summed E-state index contributed by atoms with van der Waals surface area (Å²) in [4.78, 5) is 2.42. The first-order valence-corrected chi connectivity index (χ1v) is 8.13. The highest BCUT2D eigenvalue weighted by Gasteiger charge is 2.27. The van der Waals surface area contributed by atoms with Crippen molar-refractivity contribution in [3.05, 3.63) is 23.8 Å². The summed E-state index contributed by atoms with van der Waals surface area (Å²) in [5.41, 5.74) is 0.900. The van der Waals surface area contributed by atoms with Crippen molar-refractivity contribution in [1.82, 2.24) is 10.2 Å². The van der Waals surface area contributed by atoms with E-state index in [4.69, 9.17) is 0 Å². The van der Waals surface area contributed by atoms with E-state index in [2.05, 4.69) is 17.1 Å². The van der Waals surface area contributed by atoms with Gasteiger partial charge in [-0.3, -0.25) is 4.90 Å². The zero-order valence-corrected chi connectivity index (χ0v) is 12.8. The number of nitrogens with zero attached hydrogens (tertiary/aromatic N) is 1. The van der Waals surface area contributed by atoms with Crippen LogP contribution < -0.4 is 5.32 Å². The molecule has 21 heavy (non-hydrogen) atoms. The van der Waals surface area contributed by atoms with Crippen molar-refractivity contribution < 1.29 is 10.2 Å². The number of benzene rings is 1. The molecule has 2 aliphatic rings. The van der Waals surface area contributed by atoms with Gasteiger partial charge in [-0.2, -0.15) is 0 Å². The second kappa shape index (κ2) is 6.24. The van der Waals surface area contributed by atoms with E-state index in [-0.39, 0.29) is 17.5 Å². The summed E-state index contributed by atoms with van der Waals surface area (Å²) in [6.07, 6.45) is 5.16. The molecule has 4 nitrogen and oxygen atoms in total. The predicted octanol–water partition coefficient (Wildman–Crippen LogP) is 2.62. The molecule has 1 atom stereocenters. The lowest BCUT2D eigenvalue weighted by Crippen LogP contribution is -2.43. The minimum Gasteiger partial charge on any atom is -0.508 e. The quantitative estimate of drug-likeness (QED) is 0.780. The zero-order chi connectivity index (χ0) is 14.8. The summed E-state index contributed by atoms with van der Waals surface area (Å²) in [6, 6.07) is 5.75. The van der Waals surface area contributed by atoms with Gasteiger partial charge in [0.2, 0.25) is 0 Å². The number of phenolic OH excluding ortho intramolecular Hbond substituents is 2. The Labute approximate surface area is 126 Å². The molecule has 3 rings (SSSR count). The van der Waals surface area contributed by atoms with E-state index in [0.717, 1.165) is 24.6 Å². The van der Waals surface area contributed by atoms with Crippen molar-refractivity contribution in [2.24, 2.45) is 5.92 Å².